The fourth-order valence-corrected chi connectivity index (χ4v) is 3.59. The minimum Gasteiger partial charge on any atom is -0.490 e. The Hall–Kier alpha value is -2.49. The molecule has 31 heavy (non-hydrogen) atoms. The summed E-state index contributed by atoms with van der Waals surface area (Å²) in [7, 11) is 0. The molecular weight excluding hydrogens is 482 g/mol. The molecule has 7 nitrogen and oxygen atoms in total. The van der Waals surface area contributed by atoms with E-state index in [1.54, 1.807) is 41.3 Å². The molecule has 0 radical (unpaired) electrons. The van der Waals surface area contributed by atoms with Gasteiger partial charge in [-0.3, -0.25) is 14.9 Å². The largest absolute Gasteiger partial charge is 0.490 e. The summed E-state index contributed by atoms with van der Waals surface area (Å²) in [5, 5.41) is 5.78. The number of carbonyl (C=O) groups excluding carboxylic acids is 2. The third kappa shape index (κ3) is 6.49. The SMILES string of the molecule is CC(C)Oc1ccc(Br)cc1C(=O)NC(=S)Nc1ccc(C(=O)N2CCOCC2)cc1. The van der Waals surface area contributed by atoms with Gasteiger partial charge in [-0.25, -0.2) is 0 Å². The highest BCUT2D eigenvalue weighted by Crippen LogP contribution is 2.24. The van der Waals surface area contributed by atoms with Crippen LogP contribution in [-0.2, 0) is 4.74 Å². The Bertz CT molecular complexity index is 960. The molecule has 2 aromatic carbocycles. The third-order valence-electron chi connectivity index (χ3n) is 4.46. The quantitative estimate of drug-likeness (QED) is 0.601. The minimum atomic E-state index is -0.381. The van der Waals surface area contributed by atoms with E-state index >= 15 is 0 Å². The first-order valence-electron chi connectivity index (χ1n) is 9.89. The fourth-order valence-electron chi connectivity index (χ4n) is 3.01. The first kappa shape index (κ1) is 23.2. The van der Waals surface area contributed by atoms with Crippen molar-refractivity contribution in [3.63, 3.8) is 0 Å². The molecule has 0 saturated carbocycles. The number of nitrogens with zero attached hydrogens (tertiary/aromatic N) is 1. The fraction of sp³-hybridized carbons (Fsp3) is 0.318. The van der Waals surface area contributed by atoms with Crippen molar-refractivity contribution in [2.75, 3.05) is 31.6 Å². The van der Waals surface area contributed by atoms with Gasteiger partial charge in [-0.2, -0.15) is 0 Å². The highest BCUT2D eigenvalue weighted by molar-refractivity contribution is 9.10. The Labute approximate surface area is 195 Å². The number of thiocarbonyl (C=S) groups is 1. The smallest absolute Gasteiger partial charge is 0.261 e. The van der Waals surface area contributed by atoms with E-state index in [1.807, 2.05) is 19.9 Å². The van der Waals surface area contributed by atoms with E-state index in [0.717, 1.165) is 4.47 Å². The summed E-state index contributed by atoms with van der Waals surface area (Å²) in [6.07, 6.45) is -0.0727. The molecule has 0 atom stereocenters. The number of carbonyl (C=O) groups is 2. The van der Waals surface area contributed by atoms with Crippen LogP contribution in [0.1, 0.15) is 34.6 Å². The second-order valence-corrected chi connectivity index (χ2v) is 8.52. The van der Waals surface area contributed by atoms with Crippen molar-refractivity contribution in [1.82, 2.24) is 10.2 Å². The van der Waals surface area contributed by atoms with Crippen LogP contribution in [0.5, 0.6) is 5.75 Å². The van der Waals surface area contributed by atoms with Gasteiger partial charge in [-0.05, 0) is 68.5 Å². The highest BCUT2D eigenvalue weighted by atomic mass is 79.9. The van der Waals surface area contributed by atoms with E-state index in [2.05, 4.69) is 26.6 Å². The van der Waals surface area contributed by atoms with Crippen molar-refractivity contribution in [3.05, 3.63) is 58.1 Å². The number of anilines is 1. The second-order valence-electron chi connectivity index (χ2n) is 7.20. The maximum Gasteiger partial charge on any atom is 0.261 e. The lowest BCUT2D eigenvalue weighted by atomic mass is 10.1. The molecule has 0 bridgehead atoms. The number of hydrogen-bond donors (Lipinski definition) is 2. The molecule has 0 spiro atoms. The third-order valence-corrected chi connectivity index (χ3v) is 5.16. The van der Waals surface area contributed by atoms with E-state index < -0.39 is 0 Å². The maximum absolute atomic E-state index is 12.7. The zero-order chi connectivity index (χ0) is 22.4. The van der Waals surface area contributed by atoms with Crippen molar-refractivity contribution in [3.8, 4) is 5.75 Å². The summed E-state index contributed by atoms with van der Waals surface area (Å²) in [5.41, 5.74) is 1.63. The monoisotopic (exact) mass is 505 g/mol. The van der Waals surface area contributed by atoms with Crippen molar-refractivity contribution in [2.24, 2.45) is 0 Å². The van der Waals surface area contributed by atoms with E-state index in [4.69, 9.17) is 21.7 Å². The maximum atomic E-state index is 12.7. The van der Waals surface area contributed by atoms with Crippen molar-refractivity contribution in [1.29, 1.82) is 0 Å². The molecule has 0 aromatic heterocycles. The number of morpholine rings is 1. The van der Waals surface area contributed by atoms with Gasteiger partial charge in [0.25, 0.3) is 11.8 Å². The Morgan fingerprint density at radius 3 is 2.45 bits per heavy atom. The Kier molecular flexibility index (Phi) is 8.00. The molecule has 1 fully saturated rings. The van der Waals surface area contributed by atoms with Crippen LogP contribution >= 0.6 is 28.1 Å². The molecule has 2 amide bonds. The van der Waals surface area contributed by atoms with Crippen LogP contribution < -0.4 is 15.4 Å². The average molecular weight is 506 g/mol. The molecule has 1 aliphatic rings. The van der Waals surface area contributed by atoms with Crippen molar-refractivity contribution in [2.45, 2.75) is 20.0 Å². The molecule has 2 aromatic rings. The predicted octanol–water partition coefficient (Wildman–Crippen LogP) is 3.84. The van der Waals surface area contributed by atoms with Gasteiger partial charge < -0.3 is 19.7 Å². The number of hydrogen-bond acceptors (Lipinski definition) is 5. The summed E-state index contributed by atoms with van der Waals surface area (Å²) < 4.78 is 11.8. The molecule has 1 heterocycles. The standard InChI is InChI=1S/C22H24BrN3O4S/c1-14(2)30-19-8-5-16(23)13-18(19)20(27)25-22(31)24-17-6-3-15(4-7-17)21(28)26-9-11-29-12-10-26/h3-8,13-14H,9-12H2,1-2H3,(H2,24,25,27,31). The van der Waals surface area contributed by atoms with Gasteiger partial charge in [-0.1, -0.05) is 15.9 Å². The molecule has 9 heteroatoms. The number of nitrogens with one attached hydrogen (secondary N) is 2. The summed E-state index contributed by atoms with van der Waals surface area (Å²) >= 11 is 8.65. The summed E-state index contributed by atoms with van der Waals surface area (Å²) in [5.74, 6) is 0.0658. The second kappa shape index (κ2) is 10.7. The Balaban J connectivity index is 1.61. The van der Waals surface area contributed by atoms with Crippen molar-refractivity contribution >= 4 is 50.8 Å². The lowest BCUT2D eigenvalue weighted by molar-refractivity contribution is 0.0303. The van der Waals surface area contributed by atoms with Crippen molar-refractivity contribution < 1.29 is 19.1 Å². The van der Waals surface area contributed by atoms with Gasteiger partial charge in [0.1, 0.15) is 5.75 Å². The molecule has 0 unspecified atom stereocenters. The van der Waals surface area contributed by atoms with Gasteiger partial charge in [0.15, 0.2) is 5.11 Å². The molecule has 0 aliphatic carbocycles. The van der Waals surface area contributed by atoms with Crippen LogP contribution in [0.4, 0.5) is 5.69 Å². The molecule has 3 rings (SSSR count). The normalized spacial score (nSPS) is 13.6. The summed E-state index contributed by atoms with van der Waals surface area (Å²) in [6, 6.07) is 12.2. The van der Waals surface area contributed by atoms with Gasteiger partial charge in [-0.15, -0.1) is 0 Å². The molecular formula is C22H24BrN3O4S. The molecule has 1 saturated heterocycles. The van der Waals surface area contributed by atoms with E-state index in [0.29, 0.717) is 48.9 Å². The lowest BCUT2D eigenvalue weighted by Gasteiger charge is -2.26. The average Bonchev–Trinajstić information content (AvgIpc) is 2.75. The Morgan fingerprint density at radius 1 is 1.13 bits per heavy atom. The zero-order valence-corrected chi connectivity index (χ0v) is 19.7. The first-order valence-corrected chi connectivity index (χ1v) is 11.1. The zero-order valence-electron chi connectivity index (χ0n) is 17.3. The predicted molar refractivity (Wildman–Crippen MR) is 127 cm³/mol. The van der Waals surface area contributed by atoms with Crippen LogP contribution in [-0.4, -0.2) is 54.2 Å². The number of halogens is 1. The number of amides is 2. The topological polar surface area (TPSA) is 79.9 Å². The van der Waals surface area contributed by atoms with Crippen LogP contribution in [0.2, 0.25) is 0 Å². The Morgan fingerprint density at radius 2 is 1.81 bits per heavy atom. The van der Waals surface area contributed by atoms with Gasteiger partial charge in [0.05, 0.1) is 24.9 Å². The number of benzene rings is 2. The van der Waals surface area contributed by atoms with E-state index in [-0.39, 0.29) is 23.0 Å². The number of ether oxygens (including phenoxy) is 2. The molecule has 2 N–H and O–H groups in total. The number of rotatable bonds is 5. The summed E-state index contributed by atoms with van der Waals surface area (Å²) in [6.45, 7) is 6.08. The first-order chi connectivity index (χ1) is 14.8. The summed E-state index contributed by atoms with van der Waals surface area (Å²) in [4.78, 5) is 27.0. The van der Waals surface area contributed by atoms with Gasteiger partial charge >= 0.3 is 0 Å². The van der Waals surface area contributed by atoms with Crippen LogP contribution in [0.3, 0.4) is 0 Å². The molecule has 1 aliphatic heterocycles. The van der Waals surface area contributed by atoms with E-state index in [1.165, 1.54) is 0 Å². The lowest BCUT2D eigenvalue weighted by Crippen LogP contribution is -2.40. The van der Waals surface area contributed by atoms with Gasteiger partial charge in [0.2, 0.25) is 0 Å². The molecule has 164 valence electrons. The van der Waals surface area contributed by atoms with E-state index in [9.17, 15) is 9.59 Å². The van der Waals surface area contributed by atoms with Crippen LogP contribution in [0.25, 0.3) is 0 Å². The minimum absolute atomic E-state index is 0.0296. The van der Waals surface area contributed by atoms with Crippen LogP contribution in [0.15, 0.2) is 46.9 Å². The highest BCUT2D eigenvalue weighted by Gasteiger charge is 2.19. The van der Waals surface area contributed by atoms with Gasteiger partial charge in [0, 0.05) is 28.8 Å². The van der Waals surface area contributed by atoms with Crippen LogP contribution in [0, 0.1) is 0 Å².